The fraction of sp³-hybridized carbons (Fsp3) is 0.143. The highest BCUT2D eigenvalue weighted by atomic mass is 79.9. The van der Waals surface area contributed by atoms with Gasteiger partial charge >= 0.3 is 0 Å². The van der Waals surface area contributed by atoms with E-state index in [2.05, 4.69) is 26.2 Å². The van der Waals surface area contributed by atoms with Crippen molar-refractivity contribution in [2.24, 2.45) is 0 Å². The van der Waals surface area contributed by atoms with Crippen LogP contribution in [0.3, 0.4) is 0 Å². The molecule has 2 aromatic rings. The molecule has 2 rings (SSSR count). The lowest BCUT2D eigenvalue weighted by Crippen LogP contribution is -2.15. The van der Waals surface area contributed by atoms with Crippen LogP contribution in [0, 0.1) is 12.7 Å². The smallest absolute Gasteiger partial charge is 0.230 e. The fourth-order valence-corrected chi connectivity index (χ4v) is 2.01. The lowest BCUT2D eigenvalue weighted by molar-refractivity contribution is -0.115. The molecule has 0 saturated carbocycles. The number of benzene rings is 1. The summed E-state index contributed by atoms with van der Waals surface area (Å²) in [6, 6.07) is 8.07. The van der Waals surface area contributed by atoms with E-state index in [1.807, 2.05) is 19.1 Å². The van der Waals surface area contributed by atoms with Crippen LogP contribution in [0.5, 0.6) is 0 Å². The van der Waals surface area contributed by atoms with Gasteiger partial charge in [0.15, 0.2) is 0 Å². The number of rotatable bonds is 3. The van der Waals surface area contributed by atoms with Crippen LogP contribution in [0.15, 0.2) is 41.0 Å². The van der Waals surface area contributed by atoms with Crippen molar-refractivity contribution in [1.82, 2.24) is 4.98 Å². The number of hydrogen-bond donors (Lipinski definition) is 1. The van der Waals surface area contributed by atoms with Gasteiger partial charge in [0.25, 0.3) is 0 Å². The van der Waals surface area contributed by atoms with Gasteiger partial charge in [-0.25, -0.2) is 4.39 Å². The summed E-state index contributed by atoms with van der Waals surface area (Å²) in [5.74, 6) is -0.543. The number of nitrogens with zero attached hydrogens (tertiary/aromatic N) is 1. The number of nitrogens with one attached hydrogen (secondary N) is 1. The summed E-state index contributed by atoms with van der Waals surface area (Å²) in [6.45, 7) is 1.91. The number of carbonyl (C=O) groups is 1. The lowest BCUT2D eigenvalue weighted by Gasteiger charge is -2.07. The van der Waals surface area contributed by atoms with Gasteiger partial charge in [0, 0.05) is 11.9 Å². The molecule has 5 heteroatoms. The Morgan fingerprint density at radius 2 is 2.21 bits per heavy atom. The van der Waals surface area contributed by atoms with Crippen LogP contribution in [-0.4, -0.2) is 10.9 Å². The summed E-state index contributed by atoms with van der Waals surface area (Å²) in [5, 5.41) is 2.71. The van der Waals surface area contributed by atoms with Gasteiger partial charge in [-0.2, -0.15) is 0 Å². The predicted molar refractivity (Wildman–Crippen MR) is 75.4 cm³/mol. The molecule has 0 radical (unpaired) electrons. The average Bonchev–Trinajstić information content (AvgIpc) is 2.37. The Labute approximate surface area is 119 Å². The first-order chi connectivity index (χ1) is 9.06. The summed E-state index contributed by atoms with van der Waals surface area (Å²) in [5.41, 5.74) is 2.26. The van der Waals surface area contributed by atoms with Gasteiger partial charge in [0.2, 0.25) is 5.91 Å². The molecule has 0 aliphatic rings. The van der Waals surface area contributed by atoms with E-state index in [0.29, 0.717) is 10.2 Å². The number of aryl methyl sites for hydroxylation is 1. The molecule has 1 aromatic carbocycles. The van der Waals surface area contributed by atoms with Gasteiger partial charge in [0.1, 0.15) is 5.82 Å². The molecule has 1 aromatic heterocycles. The van der Waals surface area contributed by atoms with E-state index in [4.69, 9.17) is 0 Å². The maximum Gasteiger partial charge on any atom is 0.230 e. The third-order valence-corrected chi connectivity index (χ3v) is 3.26. The van der Waals surface area contributed by atoms with Gasteiger partial charge in [-0.3, -0.25) is 9.78 Å². The molecule has 0 bridgehead atoms. The number of aromatic nitrogens is 1. The Balaban J connectivity index is 2.05. The number of carbonyl (C=O) groups excluding carboxylic acids is 1. The van der Waals surface area contributed by atoms with E-state index in [1.54, 1.807) is 6.20 Å². The molecular formula is C14H12BrFN2O. The molecular weight excluding hydrogens is 311 g/mol. The zero-order valence-electron chi connectivity index (χ0n) is 10.3. The summed E-state index contributed by atoms with van der Waals surface area (Å²) in [4.78, 5) is 16.0. The van der Waals surface area contributed by atoms with Gasteiger partial charge in [-0.1, -0.05) is 6.07 Å². The van der Waals surface area contributed by atoms with Crippen LogP contribution < -0.4 is 5.32 Å². The van der Waals surface area contributed by atoms with Gasteiger partial charge in [-0.05, 0) is 52.7 Å². The normalized spacial score (nSPS) is 10.3. The molecule has 3 nitrogen and oxygen atoms in total. The highest BCUT2D eigenvalue weighted by molar-refractivity contribution is 9.10. The number of anilines is 1. The van der Waals surface area contributed by atoms with Crippen molar-refractivity contribution in [2.45, 2.75) is 13.3 Å². The van der Waals surface area contributed by atoms with Crippen molar-refractivity contribution in [2.75, 3.05) is 5.32 Å². The molecule has 0 saturated heterocycles. The summed E-state index contributed by atoms with van der Waals surface area (Å²) < 4.78 is 13.4. The first-order valence-electron chi connectivity index (χ1n) is 5.71. The Hall–Kier alpha value is -1.75. The Morgan fingerprint density at radius 3 is 2.89 bits per heavy atom. The summed E-state index contributed by atoms with van der Waals surface area (Å²) in [6.07, 6.45) is 1.85. The molecule has 0 unspecified atom stereocenters. The topological polar surface area (TPSA) is 42.0 Å². The fourth-order valence-electron chi connectivity index (χ4n) is 1.63. The highest BCUT2D eigenvalue weighted by Crippen LogP contribution is 2.20. The second kappa shape index (κ2) is 5.93. The standard InChI is InChI=1S/C14H12BrFN2O/c1-9-3-2-6-17-13(9)8-14(19)18-10-4-5-12(16)11(15)7-10/h2-7H,8H2,1H3,(H,18,19). The molecule has 1 N–H and O–H groups in total. The van der Waals surface area contributed by atoms with Gasteiger partial charge in [0.05, 0.1) is 16.6 Å². The van der Waals surface area contributed by atoms with Crippen molar-refractivity contribution in [3.8, 4) is 0 Å². The second-order valence-corrected chi connectivity index (χ2v) is 4.98. The van der Waals surface area contributed by atoms with Crippen LogP contribution >= 0.6 is 15.9 Å². The average molecular weight is 323 g/mol. The molecule has 0 aliphatic heterocycles. The monoisotopic (exact) mass is 322 g/mol. The molecule has 0 atom stereocenters. The van der Waals surface area contributed by atoms with Crippen molar-refractivity contribution in [3.63, 3.8) is 0 Å². The molecule has 1 amide bonds. The van der Waals surface area contributed by atoms with Gasteiger partial charge < -0.3 is 5.32 Å². The first-order valence-corrected chi connectivity index (χ1v) is 6.51. The molecule has 98 valence electrons. The van der Waals surface area contributed by atoms with Crippen LogP contribution in [-0.2, 0) is 11.2 Å². The van der Waals surface area contributed by atoms with Crippen molar-refractivity contribution < 1.29 is 9.18 Å². The van der Waals surface area contributed by atoms with Crippen LogP contribution in [0.2, 0.25) is 0 Å². The number of amides is 1. The van der Waals surface area contributed by atoms with Crippen LogP contribution in [0.25, 0.3) is 0 Å². The molecule has 1 heterocycles. The molecule has 0 spiro atoms. The van der Waals surface area contributed by atoms with E-state index in [0.717, 1.165) is 11.3 Å². The quantitative estimate of drug-likeness (QED) is 0.940. The van der Waals surface area contributed by atoms with Crippen molar-refractivity contribution in [3.05, 3.63) is 58.1 Å². The van der Waals surface area contributed by atoms with E-state index in [1.165, 1.54) is 18.2 Å². The van der Waals surface area contributed by atoms with Crippen molar-refractivity contribution in [1.29, 1.82) is 0 Å². The first kappa shape index (κ1) is 13.7. The minimum Gasteiger partial charge on any atom is -0.326 e. The highest BCUT2D eigenvalue weighted by Gasteiger charge is 2.08. The maximum atomic E-state index is 13.1. The van der Waals surface area contributed by atoms with E-state index in [9.17, 15) is 9.18 Å². The summed E-state index contributed by atoms with van der Waals surface area (Å²) >= 11 is 3.08. The molecule has 0 fully saturated rings. The maximum absolute atomic E-state index is 13.1. The number of hydrogen-bond acceptors (Lipinski definition) is 2. The SMILES string of the molecule is Cc1cccnc1CC(=O)Nc1ccc(F)c(Br)c1. The van der Waals surface area contributed by atoms with E-state index in [-0.39, 0.29) is 18.1 Å². The number of halogens is 2. The zero-order chi connectivity index (χ0) is 13.8. The minimum atomic E-state index is -0.362. The lowest BCUT2D eigenvalue weighted by atomic mass is 10.1. The minimum absolute atomic E-state index is 0.180. The van der Waals surface area contributed by atoms with Gasteiger partial charge in [-0.15, -0.1) is 0 Å². The van der Waals surface area contributed by atoms with Crippen LogP contribution in [0.4, 0.5) is 10.1 Å². The van der Waals surface area contributed by atoms with E-state index < -0.39 is 0 Å². The Bertz CT molecular complexity index is 616. The van der Waals surface area contributed by atoms with Crippen molar-refractivity contribution >= 4 is 27.5 Å². The zero-order valence-corrected chi connectivity index (χ0v) is 11.9. The third kappa shape index (κ3) is 3.61. The largest absolute Gasteiger partial charge is 0.326 e. The molecule has 0 aliphatic carbocycles. The van der Waals surface area contributed by atoms with E-state index >= 15 is 0 Å². The predicted octanol–water partition coefficient (Wildman–Crippen LogP) is 3.47. The van der Waals surface area contributed by atoms with Crippen LogP contribution in [0.1, 0.15) is 11.3 Å². The molecule has 19 heavy (non-hydrogen) atoms. The third-order valence-electron chi connectivity index (χ3n) is 2.65. The second-order valence-electron chi connectivity index (χ2n) is 4.12. The Morgan fingerprint density at radius 1 is 1.42 bits per heavy atom. The summed E-state index contributed by atoms with van der Waals surface area (Å²) in [7, 11) is 0. The number of pyridine rings is 1. The Kier molecular flexibility index (Phi) is 4.27.